The largest absolute Gasteiger partial charge is 0.462 e. The smallest absolute Gasteiger partial charge is 0.306 e. The third-order valence-electron chi connectivity index (χ3n) is 13.2. The van der Waals surface area contributed by atoms with E-state index in [2.05, 4.69) is 142 Å². The highest BCUT2D eigenvalue weighted by Crippen LogP contribution is 2.15. The highest BCUT2D eigenvalue weighted by atomic mass is 16.6. The summed E-state index contributed by atoms with van der Waals surface area (Å²) in [6.07, 6.45) is 87.8. The molecule has 0 aromatic heterocycles. The van der Waals surface area contributed by atoms with Crippen LogP contribution in [0.4, 0.5) is 0 Å². The van der Waals surface area contributed by atoms with Crippen molar-refractivity contribution in [3.05, 3.63) is 122 Å². The number of hydrogen-bond acceptors (Lipinski definition) is 6. The molecule has 0 saturated heterocycles. The van der Waals surface area contributed by atoms with Crippen LogP contribution >= 0.6 is 0 Å². The average Bonchev–Trinajstić information content (AvgIpc) is 3.42. The van der Waals surface area contributed by atoms with Gasteiger partial charge in [-0.25, -0.2) is 0 Å². The van der Waals surface area contributed by atoms with E-state index in [0.29, 0.717) is 19.3 Å². The van der Waals surface area contributed by atoms with E-state index in [0.717, 1.165) is 128 Å². The molecule has 6 heteroatoms. The number of esters is 3. The summed E-state index contributed by atoms with van der Waals surface area (Å²) >= 11 is 0. The predicted molar refractivity (Wildman–Crippen MR) is 330 cm³/mol. The molecule has 0 heterocycles. The van der Waals surface area contributed by atoms with Gasteiger partial charge < -0.3 is 14.2 Å². The molecular weight excluding hydrogens is 937 g/mol. The van der Waals surface area contributed by atoms with Gasteiger partial charge >= 0.3 is 17.9 Å². The first-order valence-electron chi connectivity index (χ1n) is 31.5. The quantitative estimate of drug-likeness (QED) is 0.0261. The summed E-state index contributed by atoms with van der Waals surface area (Å²) in [5.74, 6) is -0.903. The predicted octanol–water partition coefficient (Wildman–Crippen LogP) is 21.6. The van der Waals surface area contributed by atoms with Crippen LogP contribution in [0.5, 0.6) is 0 Å². The Morgan fingerprint density at radius 1 is 0.276 bits per heavy atom. The molecule has 0 aromatic carbocycles. The van der Waals surface area contributed by atoms with Crippen molar-refractivity contribution in [1.29, 1.82) is 0 Å². The van der Waals surface area contributed by atoms with Crippen LogP contribution in [0.25, 0.3) is 0 Å². The van der Waals surface area contributed by atoms with Crippen molar-refractivity contribution in [3.63, 3.8) is 0 Å². The van der Waals surface area contributed by atoms with Gasteiger partial charge in [-0.3, -0.25) is 14.4 Å². The summed E-state index contributed by atoms with van der Waals surface area (Å²) < 4.78 is 16.8. The van der Waals surface area contributed by atoms with Crippen molar-refractivity contribution in [3.8, 4) is 0 Å². The third-order valence-corrected chi connectivity index (χ3v) is 13.2. The van der Waals surface area contributed by atoms with Crippen LogP contribution in [-0.2, 0) is 28.6 Å². The second kappa shape index (κ2) is 63.3. The number of rotatable bonds is 56. The van der Waals surface area contributed by atoms with Gasteiger partial charge in [0.1, 0.15) is 13.2 Å². The minimum Gasteiger partial charge on any atom is -0.462 e. The van der Waals surface area contributed by atoms with Crippen molar-refractivity contribution >= 4 is 17.9 Å². The van der Waals surface area contributed by atoms with Crippen molar-refractivity contribution in [2.24, 2.45) is 0 Å². The molecule has 0 rings (SSSR count). The lowest BCUT2D eigenvalue weighted by molar-refractivity contribution is -0.167. The molecule has 0 aliphatic rings. The maximum Gasteiger partial charge on any atom is 0.306 e. The first kappa shape index (κ1) is 71.8. The summed E-state index contributed by atoms with van der Waals surface area (Å²) in [5, 5.41) is 0. The highest BCUT2D eigenvalue weighted by Gasteiger charge is 2.19. The highest BCUT2D eigenvalue weighted by molar-refractivity contribution is 5.71. The lowest BCUT2D eigenvalue weighted by Gasteiger charge is -2.18. The minimum atomic E-state index is -0.785. The zero-order valence-corrected chi connectivity index (χ0v) is 49.5. The number of unbranched alkanes of at least 4 members (excludes halogenated alkanes) is 25. The third kappa shape index (κ3) is 60.7. The fourth-order valence-electron chi connectivity index (χ4n) is 8.48. The first-order valence-corrected chi connectivity index (χ1v) is 31.5. The van der Waals surface area contributed by atoms with E-state index in [9.17, 15) is 14.4 Å². The topological polar surface area (TPSA) is 78.9 Å². The lowest BCUT2D eigenvalue weighted by Crippen LogP contribution is -2.30. The Bertz CT molecular complexity index is 1590. The summed E-state index contributed by atoms with van der Waals surface area (Å²) in [6.45, 7) is 6.47. The molecule has 0 amide bonds. The normalized spacial score (nSPS) is 12.9. The molecule has 0 aromatic rings. The maximum absolute atomic E-state index is 12.8. The standard InChI is InChI=1S/C70H116O6/c1-4-7-10-13-16-19-22-24-25-26-27-28-29-30-31-32-33-34-35-36-37-38-39-40-41-42-43-44-45-46-49-51-54-57-60-63-69(72)75-66-67(65-74-68(71)62-59-56-53-50-47-21-18-15-12-9-6-3)76-70(73)64-61-58-55-52-48-23-20-17-14-11-8-5-2/h7,10,15-16,18-19,24-25,27-28,30-31,33-34,36-37,39-40,42-43,67H,4-6,8-9,11-14,17,20-23,26,29,32,35,38,41,44-66H2,1-3H3/b10-7-,18-15-,19-16-,25-24-,28-27-,31-30-,34-33-,37-36-,40-39-,43-42-. The lowest BCUT2D eigenvalue weighted by atomic mass is 10.0. The Labute approximate surface area is 469 Å². The zero-order chi connectivity index (χ0) is 55.0. The van der Waals surface area contributed by atoms with Crippen LogP contribution < -0.4 is 0 Å². The Hall–Kier alpha value is -4.19. The van der Waals surface area contributed by atoms with Gasteiger partial charge in [0.05, 0.1) is 0 Å². The second-order valence-corrected chi connectivity index (χ2v) is 20.6. The Kier molecular flexibility index (Phi) is 59.9. The fourth-order valence-corrected chi connectivity index (χ4v) is 8.48. The van der Waals surface area contributed by atoms with Gasteiger partial charge in [-0.1, -0.05) is 277 Å². The summed E-state index contributed by atoms with van der Waals surface area (Å²) in [7, 11) is 0. The van der Waals surface area contributed by atoms with E-state index in [1.165, 1.54) is 116 Å². The Morgan fingerprint density at radius 2 is 0.526 bits per heavy atom. The summed E-state index contributed by atoms with van der Waals surface area (Å²) in [5.41, 5.74) is 0. The van der Waals surface area contributed by atoms with Gasteiger partial charge in [-0.05, 0) is 109 Å². The molecule has 6 nitrogen and oxygen atoms in total. The molecule has 76 heavy (non-hydrogen) atoms. The van der Waals surface area contributed by atoms with Crippen LogP contribution in [0.2, 0.25) is 0 Å². The molecule has 0 bridgehead atoms. The molecule has 0 aliphatic carbocycles. The number of allylic oxidation sites excluding steroid dienone is 20. The van der Waals surface area contributed by atoms with E-state index >= 15 is 0 Å². The van der Waals surface area contributed by atoms with Crippen LogP contribution in [0, 0.1) is 0 Å². The molecule has 0 spiro atoms. The van der Waals surface area contributed by atoms with Crippen LogP contribution in [0.1, 0.15) is 284 Å². The Morgan fingerprint density at radius 3 is 0.855 bits per heavy atom. The molecular formula is C70H116O6. The van der Waals surface area contributed by atoms with Crippen molar-refractivity contribution in [2.75, 3.05) is 13.2 Å². The van der Waals surface area contributed by atoms with Gasteiger partial charge in [-0.2, -0.15) is 0 Å². The van der Waals surface area contributed by atoms with E-state index in [1.807, 2.05) is 0 Å². The molecule has 1 unspecified atom stereocenters. The fraction of sp³-hybridized carbons (Fsp3) is 0.671. The number of hydrogen-bond donors (Lipinski definition) is 0. The Balaban J connectivity index is 4.19. The first-order chi connectivity index (χ1) is 37.5. The van der Waals surface area contributed by atoms with Gasteiger partial charge in [0.15, 0.2) is 6.10 Å². The molecule has 0 fully saturated rings. The number of ether oxygens (including phenoxy) is 3. The van der Waals surface area contributed by atoms with E-state index in [4.69, 9.17) is 14.2 Å². The molecule has 1 atom stereocenters. The van der Waals surface area contributed by atoms with E-state index < -0.39 is 6.10 Å². The molecule has 0 aliphatic heterocycles. The van der Waals surface area contributed by atoms with Crippen LogP contribution in [0.3, 0.4) is 0 Å². The van der Waals surface area contributed by atoms with Crippen LogP contribution in [0.15, 0.2) is 122 Å². The summed E-state index contributed by atoms with van der Waals surface area (Å²) in [6, 6.07) is 0. The number of carbonyl (C=O) groups is 3. The summed E-state index contributed by atoms with van der Waals surface area (Å²) in [4.78, 5) is 38.1. The van der Waals surface area contributed by atoms with Gasteiger partial charge in [0.2, 0.25) is 0 Å². The van der Waals surface area contributed by atoms with Crippen molar-refractivity contribution in [1.82, 2.24) is 0 Å². The average molecular weight is 1050 g/mol. The molecule has 0 N–H and O–H groups in total. The SMILES string of the molecule is CC/C=C\C/C=C\C/C=C\C/C=C\C/C=C\C/C=C\C/C=C\C/C=C\C/C=C\CCCCCCCCCC(=O)OCC(COC(=O)CCCCCCC/C=C\CCCC)OC(=O)CCCCCCCCCCCCCC. The minimum absolute atomic E-state index is 0.0847. The monoisotopic (exact) mass is 1050 g/mol. The number of carbonyl (C=O) groups excluding carboxylic acids is 3. The van der Waals surface area contributed by atoms with Crippen LogP contribution in [-0.4, -0.2) is 37.2 Å². The van der Waals surface area contributed by atoms with Gasteiger partial charge in [0.25, 0.3) is 0 Å². The van der Waals surface area contributed by atoms with Crippen molar-refractivity contribution < 1.29 is 28.6 Å². The molecule has 0 saturated carbocycles. The second-order valence-electron chi connectivity index (χ2n) is 20.6. The van der Waals surface area contributed by atoms with Gasteiger partial charge in [0, 0.05) is 19.3 Å². The zero-order valence-electron chi connectivity index (χ0n) is 49.5. The maximum atomic E-state index is 12.8. The molecule has 432 valence electrons. The van der Waals surface area contributed by atoms with Crippen molar-refractivity contribution in [2.45, 2.75) is 290 Å². The van der Waals surface area contributed by atoms with Gasteiger partial charge in [-0.15, -0.1) is 0 Å². The van der Waals surface area contributed by atoms with E-state index in [1.54, 1.807) is 0 Å². The van der Waals surface area contributed by atoms with E-state index in [-0.39, 0.29) is 31.1 Å². The molecule has 0 radical (unpaired) electrons.